The van der Waals surface area contributed by atoms with E-state index in [9.17, 15) is 9.90 Å². The van der Waals surface area contributed by atoms with Gasteiger partial charge in [-0.1, -0.05) is 23.2 Å². The van der Waals surface area contributed by atoms with Crippen molar-refractivity contribution in [3.8, 4) is 0 Å². The van der Waals surface area contributed by atoms with Crippen LogP contribution in [0.4, 0.5) is 0 Å². The lowest BCUT2D eigenvalue weighted by molar-refractivity contribution is 0.00528. The smallest absolute Gasteiger partial charge is 0.252 e. The highest BCUT2D eigenvalue weighted by Gasteiger charge is 2.22. The van der Waals surface area contributed by atoms with Crippen molar-refractivity contribution < 1.29 is 14.6 Å². The van der Waals surface area contributed by atoms with Crippen molar-refractivity contribution in [3.05, 3.63) is 33.8 Å². The van der Waals surface area contributed by atoms with Crippen LogP contribution in [0.25, 0.3) is 0 Å². The van der Waals surface area contributed by atoms with Crippen LogP contribution in [0.2, 0.25) is 10.0 Å². The average Bonchev–Trinajstić information content (AvgIpc) is 2.50. The van der Waals surface area contributed by atoms with Crippen molar-refractivity contribution in [2.45, 2.75) is 25.4 Å². The summed E-state index contributed by atoms with van der Waals surface area (Å²) in [5, 5.41) is 13.7. The van der Waals surface area contributed by atoms with E-state index in [4.69, 9.17) is 27.9 Å². The van der Waals surface area contributed by atoms with Crippen LogP contribution in [0, 0.1) is 5.92 Å². The number of halogens is 2. The lowest BCUT2D eigenvalue weighted by Crippen LogP contribution is -2.32. The minimum absolute atomic E-state index is 0.255. The van der Waals surface area contributed by atoms with Gasteiger partial charge in [-0.2, -0.15) is 0 Å². The first-order valence-electron chi connectivity index (χ1n) is 7.07. The number of hydrogen-bond donors (Lipinski definition) is 2. The maximum absolute atomic E-state index is 12.0. The van der Waals surface area contributed by atoms with Gasteiger partial charge in [0.15, 0.2) is 0 Å². The van der Waals surface area contributed by atoms with E-state index in [2.05, 4.69) is 5.32 Å². The maximum Gasteiger partial charge on any atom is 0.252 e. The zero-order valence-electron chi connectivity index (χ0n) is 11.6. The molecule has 116 valence electrons. The van der Waals surface area contributed by atoms with Gasteiger partial charge >= 0.3 is 0 Å². The summed E-state index contributed by atoms with van der Waals surface area (Å²) >= 11 is 11.8. The van der Waals surface area contributed by atoms with E-state index in [1.807, 2.05) is 0 Å². The van der Waals surface area contributed by atoms with Gasteiger partial charge in [0.1, 0.15) is 0 Å². The maximum atomic E-state index is 12.0. The van der Waals surface area contributed by atoms with Gasteiger partial charge in [0.05, 0.1) is 16.7 Å². The molecule has 0 spiro atoms. The van der Waals surface area contributed by atoms with E-state index < -0.39 is 6.10 Å². The Balaban J connectivity index is 1.79. The highest BCUT2D eigenvalue weighted by Crippen LogP contribution is 2.22. The summed E-state index contributed by atoms with van der Waals surface area (Å²) in [6.07, 6.45) is 1.85. The summed E-state index contributed by atoms with van der Waals surface area (Å²) in [5.74, 6) is -0.0212. The standard InChI is InChI=1S/C15H19Cl2NO3/c16-11-1-2-13(17)12(9-11)15(20)18-6-3-14(19)10-4-7-21-8-5-10/h1-2,9-10,14,19H,3-8H2,(H,18,20). The quantitative estimate of drug-likeness (QED) is 0.872. The first-order chi connectivity index (χ1) is 10.1. The fraction of sp³-hybridized carbons (Fsp3) is 0.533. The molecule has 0 radical (unpaired) electrons. The van der Waals surface area contributed by atoms with Gasteiger partial charge in [0, 0.05) is 24.8 Å². The third-order valence-corrected chi connectivity index (χ3v) is 4.27. The minimum Gasteiger partial charge on any atom is -0.393 e. The van der Waals surface area contributed by atoms with Gasteiger partial charge in [-0.05, 0) is 43.4 Å². The molecule has 0 aromatic heterocycles. The normalized spacial score (nSPS) is 17.5. The monoisotopic (exact) mass is 331 g/mol. The fourth-order valence-electron chi connectivity index (χ4n) is 2.44. The van der Waals surface area contributed by atoms with E-state index in [1.54, 1.807) is 12.1 Å². The van der Waals surface area contributed by atoms with E-state index in [-0.39, 0.29) is 11.8 Å². The number of carbonyl (C=O) groups is 1. The number of carbonyl (C=O) groups excluding carboxylic acids is 1. The van der Waals surface area contributed by atoms with Crippen molar-refractivity contribution in [2.24, 2.45) is 5.92 Å². The number of rotatable bonds is 5. The van der Waals surface area contributed by atoms with Gasteiger partial charge in [0.2, 0.25) is 0 Å². The molecule has 1 aromatic carbocycles. The molecule has 1 unspecified atom stereocenters. The van der Waals surface area contributed by atoms with Crippen molar-refractivity contribution in [3.63, 3.8) is 0 Å². The molecule has 2 rings (SSSR count). The lowest BCUT2D eigenvalue weighted by Gasteiger charge is -2.26. The van der Waals surface area contributed by atoms with Crippen LogP contribution in [-0.2, 0) is 4.74 Å². The van der Waals surface area contributed by atoms with Gasteiger partial charge in [-0.3, -0.25) is 4.79 Å². The molecule has 1 heterocycles. The lowest BCUT2D eigenvalue weighted by atomic mass is 9.92. The van der Waals surface area contributed by atoms with E-state index in [1.165, 1.54) is 6.07 Å². The van der Waals surface area contributed by atoms with E-state index >= 15 is 0 Å². The van der Waals surface area contributed by atoms with Gasteiger partial charge in [-0.15, -0.1) is 0 Å². The Labute approximate surface area is 134 Å². The molecular weight excluding hydrogens is 313 g/mol. The first kappa shape index (κ1) is 16.6. The molecule has 21 heavy (non-hydrogen) atoms. The molecule has 1 aromatic rings. The predicted molar refractivity (Wildman–Crippen MR) is 83.0 cm³/mol. The second-order valence-electron chi connectivity index (χ2n) is 5.19. The molecule has 1 amide bonds. The number of amides is 1. The van der Waals surface area contributed by atoms with Crippen LogP contribution in [0.1, 0.15) is 29.6 Å². The number of aliphatic hydroxyl groups excluding tert-OH is 1. The highest BCUT2D eigenvalue weighted by atomic mass is 35.5. The second-order valence-corrected chi connectivity index (χ2v) is 6.03. The predicted octanol–water partition coefficient (Wildman–Crippen LogP) is 2.90. The zero-order valence-corrected chi connectivity index (χ0v) is 13.2. The molecular formula is C15H19Cl2NO3. The highest BCUT2D eigenvalue weighted by molar-refractivity contribution is 6.35. The Kier molecular flexibility index (Phi) is 6.30. The number of benzene rings is 1. The number of hydrogen-bond acceptors (Lipinski definition) is 3. The molecule has 6 heteroatoms. The third kappa shape index (κ3) is 4.85. The van der Waals surface area contributed by atoms with E-state index in [0.717, 1.165) is 12.8 Å². The molecule has 1 atom stereocenters. The molecule has 1 aliphatic heterocycles. The third-order valence-electron chi connectivity index (χ3n) is 3.71. The molecule has 0 aliphatic carbocycles. The fourth-order valence-corrected chi connectivity index (χ4v) is 2.81. The largest absolute Gasteiger partial charge is 0.393 e. The Morgan fingerprint density at radius 1 is 1.38 bits per heavy atom. The van der Waals surface area contributed by atoms with Crippen LogP contribution >= 0.6 is 23.2 Å². The number of ether oxygens (including phenoxy) is 1. The summed E-state index contributed by atoms with van der Waals surface area (Å²) in [7, 11) is 0. The number of nitrogens with one attached hydrogen (secondary N) is 1. The number of aliphatic hydroxyl groups is 1. The Bertz CT molecular complexity index is 490. The summed E-state index contributed by atoms with van der Waals surface area (Å²) in [4.78, 5) is 12.0. The van der Waals surface area contributed by atoms with E-state index in [0.29, 0.717) is 41.8 Å². The minimum atomic E-state index is -0.413. The molecule has 1 saturated heterocycles. The van der Waals surface area contributed by atoms with Gasteiger partial charge < -0.3 is 15.2 Å². The van der Waals surface area contributed by atoms with Crippen LogP contribution in [0.3, 0.4) is 0 Å². The summed E-state index contributed by atoms with van der Waals surface area (Å²) in [5.41, 5.74) is 0.352. The SMILES string of the molecule is O=C(NCCC(O)C1CCOCC1)c1cc(Cl)ccc1Cl. The van der Waals surface area contributed by atoms with Crippen molar-refractivity contribution in [1.29, 1.82) is 0 Å². The zero-order chi connectivity index (χ0) is 15.2. The molecule has 1 aliphatic rings. The average molecular weight is 332 g/mol. The van der Waals surface area contributed by atoms with Crippen LogP contribution in [0.5, 0.6) is 0 Å². The van der Waals surface area contributed by atoms with Crippen molar-refractivity contribution in [1.82, 2.24) is 5.32 Å². The Hall–Kier alpha value is -0.810. The summed E-state index contributed by atoms with van der Waals surface area (Å²) in [6.45, 7) is 1.80. The molecule has 4 nitrogen and oxygen atoms in total. The summed E-state index contributed by atoms with van der Waals surface area (Å²) < 4.78 is 5.27. The Morgan fingerprint density at radius 2 is 2.10 bits per heavy atom. The topological polar surface area (TPSA) is 58.6 Å². The molecule has 1 fully saturated rings. The Morgan fingerprint density at radius 3 is 2.81 bits per heavy atom. The van der Waals surface area contributed by atoms with Crippen LogP contribution < -0.4 is 5.32 Å². The van der Waals surface area contributed by atoms with Crippen LogP contribution in [-0.4, -0.2) is 36.9 Å². The molecule has 2 N–H and O–H groups in total. The first-order valence-corrected chi connectivity index (χ1v) is 7.82. The molecule has 0 saturated carbocycles. The van der Waals surface area contributed by atoms with Gasteiger partial charge in [-0.25, -0.2) is 0 Å². The van der Waals surface area contributed by atoms with Crippen molar-refractivity contribution in [2.75, 3.05) is 19.8 Å². The van der Waals surface area contributed by atoms with Gasteiger partial charge in [0.25, 0.3) is 5.91 Å². The van der Waals surface area contributed by atoms with Crippen molar-refractivity contribution >= 4 is 29.1 Å². The van der Waals surface area contributed by atoms with Crippen LogP contribution in [0.15, 0.2) is 18.2 Å². The second kappa shape index (κ2) is 7.99. The molecule has 0 bridgehead atoms. The summed E-state index contributed by atoms with van der Waals surface area (Å²) in [6, 6.07) is 4.76.